The van der Waals surface area contributed by atoms with Gasteiger partial charge < -0.3 is 9.84 Å². The van der Waals surface area contributed by atoms with Gasteiger partial charge in [-0.2, -0.15) is 0 Å². The van der Waals surface area contributed by atoms with Crippen LogP contribution in [0.4, 0.5) is 0 Å². The highest BCUT2D eigenvalue weighted by molar-refractivity contribution is 5.90. The van der Waals surface area contributed by atoms with Crippen LogP contribution in [0, 0.1) is 17.8 Å². The first-order valence-electron chi connectivity index (χ1n) is 9.32. The van der Waals surface area contributed by atoms with Crippen molar-refractivity contribution in [3.05, 3.63) is 35.5 Å². The number of rotatable bonds is 4. The Hall–Kier alpha value is -1.19. The third kappa shape index (κ3) is 3.04. The third-order valence-corrected chi connectivity index (χ3v) is 5.84. The van der Waals surface area contributed by atoms with Gasteiger partial charge in [-0.3, -0.25) is 4.79 Å². The summed E-state index contributed by atoms with van der Waals surface area (Å²) in [6.07, 6.45) is 11.4. The first-order valence-corrected chi connectivity index (χ1v) is 9.32. The molecule has 0 amide bonds. The predicted octanol–water partition coefficient (Wildman–Crippen LogP) is 3.98. The SMILES string of the molecule is CCCCCC1=CC2OC(C)(C)C3C=CC(C)=CC3C2C(=O)C1O. The van der Waals surface area contributed by atoms with Gasteiger partial charge in [0.2, 0.25) is 0 Å². The highest BCUT2D eigenvalue weighted by Crippen LogP contribution is 2.48. The third-order valence-electron chi connectivity index (χ3n) is 5.84. The van der Waals surface area contributed by atoms with Crippen LogP contribution < -0.4 is 0 Å². The van der Waals surface area contributed by atoms with Gasteiger partial charge in [0.25, 0.3) is 0 Å². The van der Waals surface area contributed by atoms with E-state index >= 15 is 0 Å². The molecular weight excluding hydrogens is 300 g/mol. The van der Waals surface area contributed by atoms with Crippen molar-refractivity contribution in [1.82, 2.24) is 0 Å². The molecule has 0 spiro atoms. The first kappa shape index (κ1) is 17.6. The lowest BCUT2D eigenvalue weighted by Gasteiger charge is -2.51. The summed E-state index contributed by atoms with van der Waals surface area (Å²) in [6, 6.07) is 0. The molecule has 24 heavy (non-hydrogen) atoms. The molecule has 0 aromatic carbocycles. The summed E-state index contributed by atoms with van der Waals surface area (Å²) in [5.41, 5.74) is 1.73. The van der Waals surface area contributed by atoms with Gasteiger partial charge in [0, 0.05) is 5.92 Å². The summed E-state index contributed by atoms with van der Waals surface area (Å²) in [4.78, 5) is 13.0. The van der Waals surface area contributed by atoms with Gasteiger partial charge in [-0.15, -0.1) is 0 Å². The number of aliphatic hydroxyl groups excluding tert-OH is 1. The van der Waals surface area contributed by atoms with Crippen LogP contribution in [-0.4, -0.2) is 28.7 Å². The van der Waals surface area contributed by atoms with Crippen molar-refractivity contribution < 1.29 is 14.6 Å². The second kappa shape index (κ2) is 6.61. The molecule has 0 bridgehead atoms. The van der Waals surface area contributed by atoms with Crippen LogP contribution >= 0.6 is 0 Å². The van der Waals surface area contributed by atoms with Gasteiger partial charge in [0.15, 0.2) is 5.78 Å². The van der Waals surface area contributed by atoms with E-state index in [-0.39, 0.29) is 35.2 Å². The highest BCUT2D eigenvalue weighted by atomic mass is 16.5. The average molecular weight is 330 g/mol. The summed E-state index contributed by atoms with van der Waals surface area (Å²) >= 11 is 0. The zero-order valence-corrected chi connectivity index (χ0v) is 15.3. The molecule has 1 saturated heterocycles. The second-order valence-electron chi connectivity index (χ2n) is 8.09. The molecule has 1 aliphatic heterocycles. The van der Waals surface area contributed by atoms with E-state index in [0.29, 0.717) is 0 Å². The standard InChI is InChI=1S/C21H30O3/c1-5-6-7-8-14-12-17-18(20(23)19(14)22)15-11-13(2)9-10-16(15)21(3,4)24-17/h9-12,15-19,22H,5-8H2,1-4H3. The van der Waals surface area contributed by atoms with Crippen LogP contribution in [0.25, 0.3) is 0 Å². The first-order chi connectivity index (χ1) is 11.3. The lowest BCUT2D eigenvalue weighted by atomic mass is 9.63. The molecule has 3 rings (SSSR count). The Kier molecular flexibility index (Phi) is 4.85. The van der Waals surface area contributed by atoms with E-state index in [1.165, 1.54) is 5.57 Å². The lowest BCUT2D eigenvalue weighted by Crippen LogP contribution is -2.57. The van der Waals surface area contributed by atoms with E-state index in [1.54, 1.807) is 0 Å². The van der Waals surface area contributed by atoms with Gasteiger partial charge in [-0.1, -0.05) is 49.6 Å². The monoisotopic (exact) mass is 330 g/mol. The van der Waals surface area contributed by atoms with E-state index < -0.39 is 6.10 Å². The number of carbonyl (C=O) groups excluding carboxylic acids is 1. The number of ether oxygens (including phenoxy) is 1. The topological polar surface area (TPSA) is 46.5 Å². The molecule has 132 valence electrons. The molecule has 0 saturated carbocycles. The number of hydrogen-bond acceptors (Lipinski definition) is 3. The fraction of sp³-hybridized carbons (Fsp3) is 0.667. The van der Waals surface area contributed by atoms with Crippen LogP contribution in [0.2, 0.25) is 0 Å². The van der Waals surface area contributed by atoms with E-state index in [1.807, 2.05) is 6.08 Å². The Bertz CT molecular complexity index is 596. The Morgan fingerprint density at radius 3 is 2.71 bits per heavy atom. The van der Waals surface area contributed by atoms with Crippen molar-refractivity contribution in [3.63, 3.8) is 0 Å². The van der Waals surface area contributed by atoms with Crippen molar-refractivity contribution in [3.8, 4) is 0 Å². The number of aliphatic hydroxyl groups is 1. The normalized spacial score (nSPS) is 37.4. The summed E-state index contributed by atoms with van der Waals surface area (Å²) in [6.45, 7) is 8.45. The van der Waals surface area contributed by atoms with Gasteiger partial charge in [0.05, 0.1) is 17.6 Å². The minimum atomic E-state index is -0.951. The molecule has 3 nitrogen and oxygen atoms in total. The summed E-state index contributed by atoms with van der Waals surface area (Å²) in [5.74, 6) is -0.0420. The molecule has 3 aliphatic rings. The van der Waals surface area contributed by atoms with Crippen LogP contribution in [0.3, 0.4) is 0 Å². The molecule has 5 unspecified atom stereocenters. The number of ketones is 1. The molecule has 1 fully saturated rings. The quantitative estimate of drug-likeness (QED) is 0.626. The van der Waals surface area contributed by atoms with E-state index in [9.17, 15) is 9.90 Å². The number of unbranched alkanes of at least 4 members (excludes halogenated alkanes) is 2. The van der Waals surface area contributed by atoms with Gasteiger partial charge in [-0.25, -0.2) is 0 Å². The number of allylic oxidation sites excluding steroid dienone is 3. The average Bonchev–Trinajstić information content (AvgIpc) is 2.51. The highest BCUT2D eigenvalue weighted by Gasteiger charge is 2.53. The van der Waals surface area contributed by atoms with Gasteiger partial charge in [0.1, 0.15) is 6.10 Å². The lowest BCUT2D eigenvalue weighted by molar-refractivity contribution is -0.174. The van der Waals surface area contributed by atoms with E-state index in [2.05, 4.69) is 45.9 Å². The number of Topliss-reactive ketones (excluding diaryl/α,β-unsaturated/α-hetero) is 1. The molecule has 0 aromatic heterocycles. The number of fused-ring (bicyclic) bond motifs is 3. The molecule has 2 aliphatic carbocycles. The molecule has 3 heteroatoms. The summed E-state index contributed by atoms with van der Waals surface area (Å²) in [5, 5.41) is 10.5. The Balaban J connectivity index is 1.91. The number of hydrogen-bond donors (Lipinski definition) is 1. The fourth-order valence-electron chi connectivity index (χ4n) is 4.55. The Morgan fingerprint density at radius 1 is 1.25 bits per heavy atom. The predicted molar refractivity (Wildman–Crippen MR) is 95.6 cm³/mol. The van der Waals surface area contributed by atoms with Crippen LogP contribution in [0.1, 0.15) is 53.4 Å². The maximum Gasteiger partial charge on any atom is 0.172 e. The molecule has 0 radical (unpaired) electrons. The minimum Gasteiger partial charge on any atom is -0.381 e. The van der Waals surface area contributed by atoms with Crippen molar-refractivity contribution in [2.24, 2.45) is 17.8 Å². The Morgan fingerprint density at radius 2 is 2.00 bits per heavy atom. The van der Waals surface area contributed by atoms with Crippen LogP contribution in [0.5, 0.6) is 0 Å². The summed E-state index contributed by atoms with van der Waals surface area (Å²) < 4.78 is 6.35. The molecule has 5 atom stereocenters. The van der Waals surface area contributed by atoms with E-state index in [4.69, 9.17) is 4.74 Å². The van der Waals surface area contributed by atoms with Crippen molar-refractivity contribution >= 4 is 5.78 Å². The zero-order chi connectivity index (χ0) is 17.5. The van der Waals surface area contributed by atoms with Gasteiger partial charge in [-0.05, 0) is 45.1 Å². The van der Waals surface area contributed by atoms with Crippen molar-refractivity contribution in [2.75, 3.05) is 0 Å². The minimum absolute atomic E-state index is 0.0566. The number of carbonyl (C=O) groups is 1. The molecule has 1 heterocycles. The Labute approximate surface area is 145 Å². The maximum absolute atomic E-state index is 13.0. The van der Waals surface area contributed by atoms with Crippen molar-refractivity contribution in [2.45, 2.75) is 71.2 Å². The van der Waals surface area contributed by atoms with Crippen LogP contribution in [-0.2, 0) is 9.53 Å². The van der Waals surface area contributed by atoms with Crippen LogP contribution in [0.15, 0.2) is 35.5 Å². The molecule has 1 N–H and O–H groups in total. The molecule has 0 aromatic rings. The van der Waals surface area contributed by atoms with Crippen molar-refractivity contribution in [1.29, 1.82) is 0 Å². The second-order valence-corrected chi connectivity index (χ2v) is 8.09. The zero-order valence-electron chi connectivity index (χ0n) is 15.3. The fourth-order valence-corrected chi connectivity index (χ4v) is 4.55. The van der Waals surface area contributed by atoms with E-state index in [0.717, 1.165) is 31.3 Å². The smallest absolute Gasteiger partial charge is 0.172 e. The molecular formula is C21H30O3. The summed E-state index contributed by atoms with van der Waals surface area (Å²) in [7, 11) is 0. The maximum atomic E-state index is 13.0. The largest absolute Gasteiger partial charge is 0.381 e. The van der Waals surface area contributed by atoms with Gasteiger partial charge >= 0.3 is 0 Å².